The number of halogens is 1. The molecule has 0 aromatic heterocycles. The number of fused-ring (bicyclic) bond motifs is 1. The van der Waals surface area contributed by atoms with Crippen LogP contribution in [0.3, 0.4) is 0 Å². The summed E-state index contributed by atoms with van der Waals surface area (Å²) < 4.78 is 0.871. The monoisotopic (exact) mass is 431 g/mol. The Morgan fingerprint density at radius 3 is 2.73 bits per heavy atom. The summed E-state index contributed by atoms with van der Waals surface area (Å²) in [5.74, 6) is -0.478. The summed E-state index contributed by atoms with van der Waals surface area (Å²) >= 11 is 4.80. The summed E-state index contributed by atoms with van der Waals surface area (Å²) in [5.41, 5.74) is 2.03. The Kier molecular flexibility index (Phi) is 4.75. The van der Waals surface area contributed by atoms with Crippen molar-refractivity contribution in [3.8, 4) is 0 Å². The zero-order valence-electron chi connectivity index (χ0n) is 14.2. The number of hydrogen-bond acceptors (Lipinski definition) is 4. The quantitative estimate of drug-likeness (QED) is 0.527. The summed E-state index contributed by atoms with van der Waals surface area (Å²) in [4.78, 5) is 34.2. The molecule has 4 rings (SSSR count). The summed E-state index contributed by atoms with van der Waals surface area (Å²) in [6, 6.07) is 5.69. The van der Waals surface area contributed by atoms with Gasteiger partial charge in [-0.15, -0.1) is 6.58 Å². The molecule has 5 nitrogen and oxygen atoms in total. The normalized spacial score (nSPS) is 22.7. The third-order valence-corrected chi connectivity index (χ3v) is 6.34. The van der Waals surface area contributed by atoms with E-state index < -0.39 is 0 Å². The van der Waals surface area contributed by atoms with Crippen LogP contribution in [0.4, 0.5) is 5.69 Å². The molecule has 1 saturated heterocycles. The van der Waals surface area contributed by atoms with Crippen molar-refractivity contribution in [1.29, 1.82) is 0 Å². The van der Waals surface area contributed by atoms with Crippen LogP contribution < -0.4 is 4.90 Å². The van der Waals surface area contributed by atoms with Crippen molar-refractivity contribution in [3.63, 3.8) is 0 Å². The van der Waals surface area contributed by atoms with Crippen LogP contribution >= 0.6 is 27.7 Å². The van der Waals surface area contributed by atoms with Crippen LogP contribution in [0.1, 0.15) is 24.8 Å². The molecule has 0 bridgehead atoms. The van der Waals surface area contributed by atoms with Crippen LogP contribution in [0, 0.1) is 0 Å². The summed E-state index contributed by atoms with van der Waals surface area (Å²) in [6.07, 6.45) is 5.13. The molecule has 3 heterocycles. The third-order valence-electron chi connectivity index (χ3n) is 4.73. The molecule has 26 heavy (non-hydrogen) atoms. The summed E-state index contributed by atoms with van der Waals surface area (Å²) in [7, 11) is 0. The van der Waals surface area contributed by atoms with Crippen molar-refractivity contribution in [2.24, 2.45) is 4.99 Å². The van der Waals surface area contributed by atoms with Gasteiger partial charge in [-0.1, -0.05) is 22.0 Å². The predicted molar refractivity (Wildman–Crippen MR) is 109 cm³/mol. The highest BCUT2D eigenvalue weighted by Gasteiger charge is 2.39. The predicted octanol–water partition coefficient (Wildman–Crippen LogP) is 3.81. The van der Waals surface area contributed by atoms with Crippen molar-refractivity contribution in [1.82, 2.24) is 4.90 Å². The second kappa shape index (κ2) is 7.04. The Hall–Kier alpha value is -1.86. The van der Waals surface area contributed by atoms with Gasteiger partial charge in [-0.2, -0.15) is 4.99 Å². The van der Waals surface area contributed by atoms with Gasteiger partial charge < -0.3 is 9.80 Å². The van der Waals surface area contributed by atoms with E-state index in [2.05, 4.69) is 32.4 Å². The fourth-order valence-corrected chi connectivity index (χ4v) is 4.92. The molecule has 1 fully saturated rings. The van der Waals surface area contributed by atoms with E-state index in [1.807, 2.05) is 18.2 Å². The lowest BCUT2D eigenvalue weighted by atomic mass is 10.1. The first-order chi connectivity index (χ1) is 12.6. The number of thioether (sulfide) groups is 1. The molecular formula is C19H18BrN3O2S. The number of benzene rings is 1. The molecule has 0 radical (unpaired) electrons. The van der Waals surface area contributed by atoms with E-state index in [1.165, 1.54) is 18.2 Å². The molecule has 3 aliphatic rings. The maximum atomic E-state index is 13.1. The minimum atomic E-state index is -0.315. The van der Waals surface area contributed by atoms with E-state index in [1.54, 1.807) is 11.0 Å². The first-order valence-corrected chi connectivity index (χ1v) is 10.2. The van der Waals surface area contributed by atoms with Crippen molar-refractivity contribution in [3.05, 3.63) is 45.8 Å². The highest BCUT2D eigenvalue weighted by molar-refractivity contribution is 9.10. The van der Waals surface area contributed by atoms with E-state index >= 15 is 0 Å². The van der Waals surface area contributed by atoms with E-state index in [9.17, 15) is 9.59 Å². The first kappa shape index (κ1) is 17.5. The molecule has 134 valence electrons. The molecule has 2 amide bonds. The number of anilines is 1. The molecular weight excluding hydrogens is 414 g/mol. The number of nitrogens with zero attached hydrogens (tertiary/aromatic N) is 3. The number of carbonyl (C=O) groups excluding carboxylic acids is 2. The fourth-order valence-electron chi connectivity index (χ4n) is 3.51. The Balaban J connectivity index is 1.75. The second-order valence-corrected chi connectivity index (χ2v) is 8.31. The van der Waals surface area contributed by atoms with Crippen LogP contribution in [-0.4, -0.2) is 41.5 Å². The third kappa shape index (κ3) is 2.93. The van der Waals surface area contributed by atoms with Gasteiger partial charge in [-0.25, -0.2) is 0 Å². The SMILES string of the molecule is C=CCN1C(=O)/C(=C2\SC(N3CCCCC3)=NC2=O)c2cc(Br)ccc21. The highest BCUT2D eigenvalue weighted by Crippen LogP contribution is 2.44. The Morgan fingerprint density at radius 1 is 1.23 bits per heavy atom. The molecule has 0 atom stereocenters. The van der Waals surface area contributed by atoms with Gasteiger partial charge in [0.2, 0.25) is 0 Å². The molecule has 0 N–H and O–H groups in total. The van der Waals surface area contributed by atoms with Gasteiger partial charge >= 0.3 is 0 Å². The maximum Gasteiger partial charge on any atom is 0.287 e. The number of likely N-dealkylation sites (tertiary alicyclic amines) is 1. The summed E-state index contributed by atoms with van der Waals surface area (Å²) in [6.45, 7) is 5.98. The van der Waals surface area contributed by atoms with Gasteiger partial charge in [-0.3, -0.25) is 9.59 Å². The first-order valence-electron chi connectivity index (χ1n) is 8.63. The van der Waals surface area contributed by atoms with Gasteiger partial charge in [0.25, 0.3) is 11.8 Å². The van der Waals surface area contributed by atoms with Crippen LogP contribution in [-0.2, 0) is 9.59 Å². The molecule has 1 aromatic rings. The van der Waals surface area contributed by atoms with Crippen molar-refractivity contribution < 1.29 is 9.59 Å². The Morgan fingerprint density at radius 2 is 2.00 bits per heavy atom. The van der Waals surface area contributed by atoms with Gasteiger partial charge in [-0.05, 0) is 49.2 Å². The summed E-state index contributed by atoms with van der Waals surface area (Å²) in [5, 5.41) is 0.726. The highest BCUT2D eigenvalue weighted by atomic mass is 79.9. The van der Waals surface area contributed by atoms with Gasteiger partial charge in [0, 0.05) is 29.7 Å². The zero-order valence-corrected chi connectivity index (χ0v) is 16.6. The van der Waals surface area contributed by atoms with Crippen LogP contribution in [0.2, 0.25) is 0 Å². The van der Waals surface area contributed by atoms with Crippen molar-refractivity contribution >= 4 is 55.9 Å². The van der Waals surface area contributed by atoms with E-state index in [4.69, 9.17) is 0 Å². The number of piperidine rings is 1. The van der Waals surface area contributed by atoms with Crippen molar-refractivity contribution in [2.45, 2.75) is 19.3 Å². The van der Waals surface area contributed by atoms with Crippen molar-refractivity contribution in [2.75, 3.05) is 24.5 Å². The Labute approximate surface area is 165 Å². The van der Waals surface area contributed by atoms with E-state index in [0.29, 0.717) is 17.0 Å². The number of hydrogen-bond donors (Lipinski definition) is 0. The average molecular weight is 432 g/mol. The average Bonchev–Trinajstić information content (AvgIpc) is 3.14. The van der Waals surface area contributed by atoms with Crippen LogP contribution in [0.25, 0.3) is 5.57 Å². The number of amides is 2. The lowest BCUT2D eigenvalue weighted by molar-refractivity contribution is -0.115. The van der Waals surface area contributed by atoms with Gasteiger partial charge in [0.15, 0.2) is 5.17 Å². The smallest absolute Gasteiger partial charge is 0.287 e. The Bertz CT molecular complexity index is 872. The molecule has 3 aliphatic heterocycles. The fraction of sp³-hybridized carbons (Fsp3) is 0.316. The number of amidine groups is 1. The topological polar surface area (TPSA) is 53.0 Å². The van der Waals surface area contributed by atoms with Gasteiger partial charge in [0.1, 0.15) is 0 Å². The lowest BCUT2D eigenvalue weighted by Gasteiger charge is -2.27. The minimum absolute atomic E-state index is 0.163. The molecule has 0 spiro atoms. The standard InChI is InChI=1S/C19H18BrN3O2S/c1-2-8-23-14-7-6-12(20)11-13(14)15(18(23)25)16-17(24)21-19(26-16)22-9-4-3-5-10-22/h2,6-7,11H,1,3-5,8-10H2/b16-15-. The molecule has 0 unspecified atom stereocenters. The van der Waals surface area contributed by atoms with E-state index in [0.717, 1.165) is 46.8 Å². The van der Waals surface area contributed by atoms with Crippen LogP contribution in [0.5, 0.6) is 0 Å². The lowest BCUT2D eigenvalue weighted by Crippen LogP contribution is -2.33. The molecule has 1 aromatic carbocycles. The molecule has 7 heteroatoms. The van der Waals surface area contributed by atoms with Gasteiger partial charge in [0.05, 0.1) is 16.2 Å². The zero-order chi connectivity index (χ0) is 18.3. The van der Waals surface area contributed by atoms with E-state index in [-0.39, 0.29) is 11.8 Å². The molecule has 0 aliphatic carbocycles. The number of rotatable bonds is 2. The molecule has 0 saturated carbocycles. The number of carbonyl (C=O) groups is 2. The minimum Gasteiger partial charge on any atom is -0.351 e. The second-order valence-electron chi connectivity index (χ2n) is 6.42. The largest absolute Gasteiger partial charge is 0.351 e. The van der Waals surface area contributed by atoms with Crippen LogP contribution in [0.15, 0.2) is 45.2 Å². The number of aliphatic imine (C=N–C) groups is 1. The maximum absolute atomic E-state index is 13.1.